The molecule has 2 aromatic rings. The summed E-state index contributed by atoms with van der Waals surface area (Å²) in [6, 6.07) is 5.93. The lowest BCUT2D eigenvalue weighted by atomic mass is 9.89. The number of ether oxygens (including phenoxy) is 1. The van der Waals surface area contributed by atoms with Gasteiger partial charge in [0.25, 0.3) is 5.91 Å². The Bertz CT molecular complexity index is 756. The Morgan fingerprint density at radius 2 is 2.13 bits per heavy atom. The first kappa shape index (κ1) is 15.6. The molecule has 5 nitrogen and oxygen atoms in total. The second kappa shape index (κ2) is 5.41. The molecule has 0 unspecified atom stereocenters. The summed E-state index contributed by atoms with van der Waals surface area (Å²) in [5.41, 5.74) is 3.45. The van der Waals surface area contributed by atoms with E-state index in [4.69, 9.17) is 4.74 Å². The normalized spacial score (nSPS) is 16.8. The van der Waals surface area contributed by atoms with Crippen LogP contribution in [0.15, 0.2) is 24.4 Å². The predicted molar refractivity (Wildman–Crippen MR) is 88.8 cm³/mol. The van der Waals surface area contributed by atoms with Crippen molar-refractivity contribution in [3.05, 3.63) is 46.8 Å². The minimum atomic E-state index is -0.186. The lowest BCUT2D eigenvalue weighted by Crippen LogP contribution is -2.31. The highest BCUT2D eigenvalue weighted by atomic mass is 16.5. The highest BCUT2D eigenvalue weighted by Crippen LogP contribution is 2.33. The molecule has 0 fully saturated rings. The van der Waals surface area contributed by atoms with Gasteiger partial charge in [-0.05, 0) is 13.0 Å². The average molecular weight is 313 g/mol. The van der Waals surface area contributed by atoms with Crippen LogP contribution in [0.4, 0.5) is 0 Å². The Morgan fingerprint density at radius 1 is 1.39 bits per heavy atom. The molecule has 1 amide bonds. The Hall–Kier alpha value is -2.30. The molecule has 0 aliphatic carbocycles. The van der Waals surface area contributed by atoms with Crippen molar-refractivity contribution in [3.8, 4) is 5.75 Å². The average Bonchev–Trinajstić information content (AvgIpc) is 3.02. The van der Waals surface area contributed by atoms with Gasteiger partial charge in [-0.3, -0.25) is 9.48 Å². The van der Waals surface area contributed by atoms with Crippen LogP contribution >= 0.6 is 0 Å². The summed E-state index contributed by atoms with van der Waals surface area (Å²) in [6.45, 7) is 8.68. The van der Waals surface area contributed by atoms with Gasteiger partial charge < -0.3 is 10.1 Å². The Balaban J connectivity index is 1.86. The van der Waals surface area contributed by atoms with Gasteiger partial charge in [0.15, 0.2) is 0 Å². The molecule has 0 radical (unpaired) electrons. The summed E-state index contributed by atoms with van der Waals surface area (Å²) in [6.07, 6.45) is 1.78. The summed E-state index contributed by atoms with van der Waals surface area (Å²) in [4.78, 5) is 12.8. The van der Waals surface area contributed by atoms with E-state index < -0.39 is 0 Å². The van der Waals surface area contributed by atoms with E-state index in [0.717, 1.165) is 22.6 Å². The van der Waals surface area contributed by atoms with E-state index in [2.05, 4.69) is 37.3 Å². The second-order valence-electron chi connectivity index (χ2n) is 7.19. The molecule has 1 N–H and O–H groups in total. The van der Waals surface area contributed by atoms with Gasteiger partial charge >= 0.3 is 0 Å². The molecule has 1 aliphatic rings. The quantitative estimate of drug-likeness (QED) is 0.927. The molecule has 5 heteroatoms. The number of carbonyl (C=O) groups is 1. The fourth-order valence-electron chi connectivity index (χ4n) is 2.90. The second-order valence-corrected chi connectivity index (χ2v) is 7.19. The zero-order chi connectivity index (χ0) is 16.8. The van der Waals surface area contributed by atoms with Crippen LogP contribution in [0.3, 0.4) is 0 Å². The van der Waals surface area contributed by atoms with Crippen molar-refractivity contribution in [2.24, 2.45) is 7.05 Å². The van der Waals surface area contributed by atoms with Crippen LogP contribution in [0.5, 0.6) is 5.75 Å². The molecule has 1 aliphatic heterocycles. The Morgan fingerprint density at radius 3 is 2.83 bits per heavy atom. The van der Waals surface area contributed by atoms with Crippen LogP contribution in [-0.2, 0) is 12.5 Å². The van der Waals surface area contributed by atoms with E-state index in [1.807, 2.05) is 26.1 Å². The van der Waals surface area contributed by atoms with Gasteiger partial charge in [-0.2, -0.15) is 5.10 Å². The minimum Gasteiger partial charge on any atom is -0.491 e. The van der Waals surface area contributed by atoms with E-state index in [-0.39, 0.29) is 17.4 Å². The maximum atomic E-state index is 12.8. The lowest BCUT2D eigenvalue weighted by Gasteiger charge is -2.18. The monoisotopic (exact) mass is 313 g/mol. The lowest BCUT2D eigenvalue weighted by molar-refractivity contribution is 0.0928. The number of rotatable bonds is 2. The van der Waals surface area contributed by atoms with Gasteiger partial charge in [-0.15, -0.1) is 0 Å². The topological polar surface area (TPSA) is 56.2 Å². The summed E-state index contributed by atoms with van der Waals surface area (Å²) in [7, 11) is 1.84. The molecule has 3 rings (SSSR count). The van der Waals surface area contributed by atoms with E-state index in [0.29, 0.717) is 12.2 Å². The molecule has 0 spiro atoms. The summed E-state index contributed by atoms with van der Waals surface area (Å²) in [5.74, 6) is 0.745. The number of amides is 1. The van der Waals surface area contributed by atoms with Gasteiger partial charge in [0.1, 0.15) is 12.4 Å². The number of aromatic nitrogens is 2. The van der Waals surface area contributed by atoms with Crippen molar-refractivity contribution in [1.29, 1.82) is 0 Å². The van der Waals surface area contributed by atoms with Gasteiger partial charge in [-0.25, -0.2) is 0 Å². The Kier molecular flexibility index (Phi) is 3.66. The fraction of sp³-hybridized carbons (Fsp3) is 0.444. The van der Waals surface area contributed by atoms with Crippen LogP contribution in [0.1, 0.15) is 54.0 Å². The first-order valence-corrected chi connectivity index (χ1v) is 7.84. The summed E-state index contributed by atoms with van der Waals surface area (Å²) < 4.78 is 7.36. The molecule has 1 atom stereocenters. The van der Waals surface area contributed by atoms with Gasteiger partial charge in [0.05, 0.1) is 17.3 Å². The molecule has 1 aromatic carbocycles. The Labute approximate surface area is 136 Å². The first-order chi connectivity index (χ1) is 10.8. The zero-order valence-electron chi connectivity index (χ0n) is 14.3. The number of hydrogen-bond acceptors (Lipinski definition) is 3. The van der Waals surface area contributed by atoms with Crippen molar-refractivity contribution < 1.29 is 9.53 Å². The highest BCUT2D eigenvalue weighted by molar-refractivity contribution is 5.95. The number of nitrogens with zero attached hydrogens (tertiary/aromatic N) is 2. The highest BCUT2D eigenvalue weighted by Gasteiger charge is 2.30. The standard InChI is InChI=1S/C18H23N3O2/c1-11-6-7-15-12(8-11)14(10-23-15)19-17(22)13-9-21(5)20-16(13)18(2,3)4/h6-9,14H,10H2,1-5H3,(H,19,22)/t14-/m1/s1. The van der Waals surface area contributed by atoms with Crippen LogP contribution in [0, 0.1) is 6.92 Å². The van der Waals surface area contributed by atoms with Crippen molar-refractivity contribution >= 4 is 5.91 Å². The van der Waals surface area contributed by atoms with Crippen LogP contribution in [0.25, 0.3) is 0 Å². The molecule has 122 valence electrons. The van der Waals surface area contributed by atoms with Gasteiger partial charge in [0.2, 0.25) is 0 Å². The van der Waals surface area contributed by atoms with Gasteiger partial charge in [-0.1, -0.05) is 38.5 Å². The molecule has 0 bridgehead atoms. The molecular weight excluding hydrogens is 290 g/mol. The van der Waals surface area contributed by atoms with Crippen LogP contribution in [0.2, 0.25) is 0 Å². The molecular formula is C18H23N3O2. The largest absolute Gasteiger partial charge is 0.491 e. The molecule has 2 heterocycles. The number of nitrogens with one attached hydrogen (secondary N) is 1. The summed E-state index contributed by atoms with van der Waals surface area (Å²) >= 11 is 0. The van der Waals surface area contributed by atoms with E-state index in [1.54, 1.807) is 10.9 Å². The van der Waals surface area contributed by atoms with Crippen LogP contribution < -0.4 is 10.1 Å². The van der Waals surface area contributed by atoms with Crippen molar-refractivity contribution in [2.75, 3.05) is 6.61 Å². The van der Waals surface area contributed by atoms with E-state index in [1.165, 1.54) is 0 Å². The SMILES string of the molecule is Cc1ccc2c(c1)[C@H](NC(=O)c1cn(C)nc1C(C)(C)C)CO2. The smallest absolute Gasteiger partial charge is 0.255 e. The van der Waals surface area contributed by atoms with E-state index >= 15 is 0 Å². The predicted octanol–water partition coefficient (Wildman–Crippen LogP) is 2.89. The van der Waals surface area contributed by atoms with Crippen molar-refractivity contribution in [2.45, 2.75) is 39.2 Å². The van der Waals surface area contributed by atoms with Crippen molar-refractivity contribution in [3.63, 3.8) is 0 Å². The van der Waals surface area contributed by atoms with Gasteiger partial charge in [0, 0.05) is 24.2 Å². The zero-order valence-corrected chi connectivity index (χ0v) is 14.3. The number of fused-ring (bicyclic) bond motifs is 1. The fourth-order valence-corrected chi connectivity index (χ4v) is 2.90. The first-order valence-electron chi connectivity index (χ1n) is 7.84. The number of carbonyl (C=O) groups excluding carboxylic acids is 1. The molecule has 1 aromatic heterocycles. The van der Waals surface area contributed by atoms with Crippen molar-refractivity contribution in [1.82, 2.24) is 15.1 Å². The van der Waals surface area contributed by atoms with Crippen LogP contribution in [-0.4, -0.2) is 22.3 Å². The molecule has 23 heavy (non-hydrogen) atoms. The maximum Gasteiger partial charge on any atom is 0.255 e. The third-order valence-corrected chi connectivity index (χ3v) is 4.04. The number of aryl methyl sites for hydroxylation is 2. The number of benzene rings is 1. The number of hydrogen-bond donors (Lipinski definition) is 1. The molecule has 0 saturated carbocycles. The van der Waals surface area contributed by atoms with E-state index in [9.17, 15) is 4.79 Å². The minimum absolute atomic E-state index is 0.106. The molecule has 0 saturated heterocycles. The third-order valence-electron chi connectivity index (χ3n) is 4.04. The summed E-state index contributed by atoms with van der Waals surface area (Å²) in [5, 5.41) is 7.55. The maximum absolute atomic E-state index is 12.8. The third kappa shape index (κ3) is 2.96.